The van der Waals surface area contributed by atoms with Gasteiger partial charge in [0.2, 0.25) is 0 Å². The molecular weight excluding hydrogens is 252 g/mol. The lowest BCUT2D eigenvalue weighted by Crippen LogP contribution is -2.35. The highest BCUT2D eigenvalue weighted by Gasteiger charge is 2.24. The van der Waals surface area contributed by atoms with Crippen LogP contribution >= 0.6 is 0 Å². The zero-order chi connectivity index (χ0) is 14.5. The van der Waals surface area contributed by atoms with Crippen LogP contribution in [0, 0.1) is 16.0 Å². The molecule has 1 aliphatic rings. The van der Waals surface area contributed by atoms with E-state index < -0.39 is 0 Å². The highest BCUT2D eigenvalue weighted by molar-refractivity contribution is 5.35. The predicted octanol–water partition coefficient (Wildman–Crippen LogP) is 4.21. The Hall–Kier alpha value is -1.42. The Morgan fingerprint density at radius 3 is 2.70 bits per heavy atom. The zero-order valence-corrected chi connectivity index (χ0v) is 12.3. The van der Waals surface area contributed by atoms with Gasteiger partial charge in [-0.15, -0.1) is 0 Å². The molecule has 0 aliphatic heterocycles. The Labute approximate surface area is 120 Å². The molecule has 4 nitrogen and oxygen atoms in total. The number of nitro benzene ring substituents is 1. The largest absolute Gasteiger partial charge is 0.307 e. The summed E-state index contributed by atoms with van der Waals surface area (Å²) >= 11 is 0. The number of benzene rings is 1. The maximum absolute atomic E-state index is 10.9. The van der Waals surface area contributed by atoms with Crippen molar-refractivity contribution in [1.29, 1.82) is 0 Å². The molecule has 0 amide bonds. The van der Waals surface area contributed by atoms with Gasteiger partial charge in [0.15, 0.2) is 0 Å². The number of hydrogen-bond acceptors (Lipinski definition) is 3. The van der Waals surface area contributed by atoms with Crippen molar-refractivity contribution in [1.82, 2.24) is 5.32 Å². The molecule has 0 aromatic heterocycles. The lowest BCUT2D eigenvalue weighted by atomic mass is 9.96. The van der Waals surface area contributed by atoms with Gasteiger partial charge in [-0.25, -0.2) is 0 Å². The molecule has 1 N–H and O–H groups in total. The van der Waals surface area contributed by atoms with Crippen LogP contribution in [0.3, 0.4) is 0 Å². The maximum atomic E-state index is 10.9. The van der Waals surface area contributed by atoms with Gasteiger partial charge in [0.05, 0.1) is 4.92 Å². The minimum absolute atomic E-state index is 0.177. The van der Waals surface area contributed by atoms with E-state index in [4.69, 9.17) is 0 Å². The number of nitro groups is 1. The summed E-state index contributed by atoms with van der Waals surface area (Å²) in [6.45, 7) is 4.37. The van der Waals surface area contributed by atoms with Crippen molar-refractivity contribution in [3.05, 3.63) is 39.9 Å². The summed E-state index contributed by atoms with van der Waals surface area (Å²) in [5.74, 6) is 0.753. The average Bonchev–Trinajstić information content (AvgIpc) is 2.99. The smallest absolute Gasteiger partial charge is 0.269 e. The summed E-state index contributed by atoms with van der Waals surface area (Å²) in [6.07, 6.45) is 6.23. The van der Waals surface area contributed by atoms with Gasteiger partial charge in [0.25, 0.3) is 5.69 Å². The number of rotatable bonds is 6. The van der Waals surface area contributed by atoms with Crippen LogP contribution in [0.2, 0.25) is 0 Å². The fourth-order valence-corrected chi connectivity index (χ4v) is 3.22. The second kappa shape index (κ2) is 6.84. The Morgan fingerprint density at radius 1 is 1.40 bits per heavy atom. The Balaban J connectivity index is 2.07. The molecule has 0 radical (unpaired) electrons. The third-order valence-corrected chi connectivity index (χ3v) is 4.46. The van der Waals surface area contributed by atoms with Crippen molar-refractivity contribution >= 4 is 5.69 Å². The van der Waals surface area contributed by atoms with Crippen LogP contribution in [-0.4, -0.2) is 11.0 Å². The van der Waals surface area contributed by atoms with Crippen LogP contribution in [0.25, 0.3) is 0 Å². The van der Waals surface area contributed by atoms with Crippen molar-refractivity contribution < 1.29 is 4.92 Å². The van der Waals surface area contributed by atoms with Gasteiger partial charge in [-0.2, -0.15) is 0 Å². The Bertz CT molecular complexity index is 456. The van der Waals surface area contributed by atoms with Crippen LogP contribution < -0.4 is 5.32 Å². The van der Waals surface area contributed by atoms with E-state index >= 15 is 0 Å². The van der Waals surface area contributed by atoms with Crippen LogP contribution in [-0.2, 0) is 0 Å². The first-order chi connectivity index (χ1) is 9.61. The molecule has 20 heavy (non-hydrogen) atoms. The van der Waals surface area contributed by atoms with Crippen LogP contribution in [0.5, 0.6) is 0 Å². The summed E-state index contributed by atoms with van der Waals surface area (Å²) in [5, 5.41) is 14.5. The molecule has 0 spiro atoms. The molecule has 1 saturated carbocycles. The van der Waals surface area contributed by atoms with Crippen molar-refractivity contribution in [3.8, 4) is 0 Å². The van der Waals surface area contributed by atoms with Crippen LogP contribution in [0.4, 0.5) is 5.69 Å². The lowest BCUT2D eigenvalue weighted by molar-refractivity contribution is -0.384. The van der Waals surface area contributed by atoms with E-state index in [1.807, 2.05) is 6.07 Å². The Morgan fingerprint density at radius 2 is 2.10 bits per heavy atom. The van der Waals surface area contributed by atoms with Crippen molar-refractivity contribution in [2.45, 2.75) is 58.0 Å². The molecule has 0 heterocycles. The molecule has 4 heteroatoms. The zero-order valence-electron chi connectivity index (χ0n) is 12.3. The standard InChI is InChI=1S/C16H24N2O2/c1-3-16(17-12(2)13-7-4-5-8-13)14-9-6-10-15(11-14)18(19)20/h6,9-13,16-17H,3-5,7-8H2,1-2H3/t12-,16?/m0/s1. The molecule has 110 valence electrons. The first-order valence-electron chi connectivity index (χ1n) is 7.62. The van der Waals surface area contributed by atoms with Crippen LogP contribution in [0.15, 0.2) is 24.3 Å². The second-order valence-corrected chi connectivity index (χ2v) is 5.81. The van der Waals surface area contributed by atoms with Gasteiger partial charge in [-0.1, -0.05) is 31.9 Å². The maximum Gasteiger partial charge on any atom is 0.269 e. The second-order valence-electron chi connectivity index (χ2n) is 5.81. The predicted molar refractivity (Wildman–Crippen MR) is 80.7 cm³/mol. The molecule has 1 aliphatic carbocycles. The van der Waals surface area contributed by atoms with E-state index in [2.05, 4.69) is 19.2 Å². The minimum Gasteiger partial charge on any atom is -0.307 e. The van der Waals surface area contributed by atoms with Crippen molar-refractivity contribution in [2.24, 2.45) is 5.92 Å². The first kappa shape index (κ1) is 15.0. The third-order valence-electron chi connectivity index (χ3n) is 4.46. The number of hydrogen-bond donors (Lipinski definition) is 1. The highest BCUT2D eigenvalue weighted by Crippen LogP contribution is 2.30. The monoisotopic (exact) mass is 276 g/mol. The van der Waals surface area contributed by atoms with E-state index in [9.17, 15) is 10.1 Å². The molecule has 1 aromatic rings. The van der Waals surface area contributed by atoms with Gasteiger partial charge in [-0.05, 0) is 37.7 Å². The normalized spacial score (nSPS) is 18.9. The van der Waals surface area contributed by atoms with E-state index in [1.165, 1.54) is 25.7 Å². The molecule has 1 fully saturated rings. The molecule has 2 atom stereocenters. The first-order valence-corrected chi connectivity index (χ1v) is 7.62. The van der Waals surface area contributed by atoms with E-state index in [1.54, 1.807) is 18.2 Å². The quantitative estimate of drug-likeness (QED) is 0.625. The molecule has 0 saturated heterocycles. The Kier molecular flexibility index (Phi) is 5.12. The van der Waals surface area contributed by atoms with Gasteiger partial charge >= 0.3 is 0 Å². The summed E-state index contributed by atoms with van der Waals surface area (Å²) in [7, 11) is 0. The highest BCUT2D eigenvalue weighted by atomic mass is 16.6. The van der Waals surface area contributed by atoms with Crippen LogP contribution in [0.1, 0.15) is 57.6 Å². The summed E-state index contributed by atoms with van der Waals surface area (Å²) in [5.41, 5.74) is 1.20. The molecular formula is C16H24N2O2. The van der Waals surface area contributed by atoms with Gasteiger partial charge in [-0.3, -0.25) is 10.1 Å². The third kappa shape index (κ3) is 3.57. The van der Waals surface area contributed by atoms with Gasteiger partial charge in [0, 0.05) is 24.2 Å². The van der Waals surface area contributed by atoms with E-state index in [-0.39, 0.29) is 16.7 Å². The van der Waals surface area contributed by atoms with Gasteiger partial charge < -0.3 is 5.32 Å². The van der Waals surface area contributed by atoms with Gasteiger partial charge in [0.1, 0.15) is 0 Å². The fraction of sp³-hybridized carbons (Fsp3) is 0.625. The lowest BCUT2D eigenvalue weighted by Gasteiger charge is -2.26. The molecule has 1 aromatic carbocycles. The number of non-ortho nitro benzene ring substituents is 1. The summed E-state index contributed by atoms with van der Waals surface area (Å²) < 4.78 is 0. The molecule has 1 unspecified atom stereocenters. The van der Waals surface area contributed by atoms with Crippen molar-refractivity contribution in [2.75, 3.05) is 0 Å². The fourth-order valence-electron chi connectivity index (χ4n) is 3.22. The number of nitrogens with zero attached hydrogens (tertiary/aromatic N) is 1. The summed E-state index contributed by atoms with van der Waals surface area (Å²) in [6, 6.07) is 7.68. The van der Waals surface area contributed by atoms with Crippen molar-refractivity contribution in [3.63, 3.8) is 0 Å². The minimum atomic E-state index is -0.323. The van der Waals surface area contributed by atoms with E-state index in [0.29, 0.717) is 6.04 Å². The number of nitrogens with one attached hydrogen (secondary N) is 1. The average molecular weight is 276 g/mol. The molecule has 2 rings (SSSR count). The topological polar surface area (TPSA) is 55.2 Å². The SMILES string of the molecule is CCC(N[C@@H](C)C1CCCC1)c1cccc([N+](=O)[O-])c1. The molecule has 0 bridgehead atoms. The van der Waals surface area contributed by atoms with E-state index in [0.717, 1.165) is 17.9 Å². The summed E-state index contributed by atoms with van der Waals surface area (Å²) in [4.78, 5) is 10.6.